The molecule has 144 valence electrons. The lowest BCUT2D eigenvalue weighted by atomic mass is 9.92. The maximum absolute atomic E-state index is 12.6. The smallest absolute Gasteiger partial charge is 0.277 e. The van der Waals surface area contributed by atoms with Gasteiger partial charge in [0.2, 0.25) is 0 Å². The molecule has 0 bridgehead atoms. The monoisotopic (exact) mass is 379 g/mol. The summed E-state index contributed by atoms with van der Waals surface area (Å²) in [6.07, 6.45) is 6.99. The predicted octanol–water partition coefficient (Wildman–Crippen LogP) is 3.65. The molecule has 8 heteroatoms. The Morgan fingerprint density at radius 2 is 2.21 bits per heavy atom. The van der Waals surface area contributed by atoms with Gasteiger partial charge < -0.3 is 18.9 Å². The van der Waals surface area contributed by atoms with Crippen molar-refractivity contribution in [3.63, 3.8) is 0 Å². The van der Waals surface area contributed by atoms with E-state index in [1.165, 1.54) is 6.26 Å². The summed E-state index contributed by atoms with van der Waals surface area (Å²) in [5, 5.41) is 12.2. The van der Waals surface area contributed by atoms with Crippen LogP contribution in [-0.2, 0) is 5.41 Å². The van der Waals surface area contributed by atoms with E-state index < -0.39 is 5.41 Å². The first-order valence-corrected chi connectivity index (χ1v) is 9.25. The van der Waals surface area contributed by atoms with Gasteiger partial charge in [-0.15, -0.1) is 0 Å². The molecule has 4 rings (SSSR count). The Balaban J connectivity index is 1.66. The van der Waals surface area contributed by atoms with Gasteiger partial charge in [-0.05, 0) is 33.6 Å². The number of amides is 1. The Bertz CT molecular complexity index is 1090. The molecule has 0 aromatic carbocycles. The largest absolute Gasteiger partial charge is 0.491 e. The van der Waals surface area contributed by atoms with Gasteiger partial charge in [0, 0.05) is 24.4 Å². The Morgan fingerprint density at radius 1 is 1.43 bits per heavy atom. The molecule has 0 atom stereocenters. The zero-order chi connectivity index (χ0) is 19.9. The number of carbonyl (C=O) groups excluding carboxylic acids is 1. The molecule has 3 aromatic heterocycles. The fourth-order valence-corrected chi connectivity index (χ4v) is 2.84. The van der Waals surface area contributed by atoms with Crippen LogP contribution in [0.25, 0.3) is 5.65 Å². The van der Waals surface area contributed by atoms with Gasteiger partial charge >= 0.3 is 0 Å². The molecule has 0 saturated heterocycles. The second kappa shape index (κ2) is 6.68. The van der Waals surface area contributed by atoms with Gasteiger partial charge in [-0.1, -0.05) is 0 Å². The number of nitrogens with one attached hydrogen (secondary N) is 1. The summed E-state index contributed by atoms with van der Waals surface area (Å²) in [6.45, 7) is 5.92. The minimum atomic E-state index is -0.721. The van der Waals surface area contributed by atoms with E-state index in [0.717, 1.165) is 12.8 Å². The van der Waals surface area contributed by atoms with Gasteiger partial charge in [0.15, 0.2) is 11.6 Å². The standard InChI is InChI=1S/C20H21N5O3/c1-4-27-15-7-17-24-16(20(2,3)11-21)9-25(17)8-13(15)22-18(26)14-10-28-19(23-14)12-5-6-12/h7-10,12H,4-6H2,1-3H3,(H,22,26). The average molecular weight is 379 g/mol. The topological polar surface area (TPSA) is 105 Å². The summed E-state index contributed by atoms with van der Waals surface area (Å²) in [6, 6.07) is 3.99. The molecule has 28 heavy (non-hydrogen) atoms. The summed E-state index contributed by atoms with van der Waals surface area (Å²) in [7, 11) is 0. The highest BCUT2D eigenvalue weighted by molar-refractivity contribution is 6.03. The Hall–Kier alpha value is -3.34. The van der Waals surface area contributed by atoms with Crippen LogP contribution in [0.5, 0.6) is 5.75 Å². The molecule has 0 aliphatic heterocycles. The van der Waals surface area contributed by atoms with Crippen molar-refractivity contribution in [2.45, 2.75) is 44.9 Å². The van der Waals surface area contributed by atoms with Crippen LogP contribution in [0.15, 0.2) is 29.1 Å². The molecule has 1 amide bonds. The number of nitriles is 1. The maximum atomic E-state index is 12.6. The molecule has 1 saturated carbocycles. The van der Waals surface area contributed by atoms with Crippen LogP contribution in [0.2, 0.25) is 0 Å². The number of rotatable bonds is 6. The van der Waals surface area contributed by atoms with Crippen molar-refractivity contribution in [3.05, 3.63) is 42.0 Å². The van der Waals surface area contributed by atoms with Crippen LogP contribution < -0.4 is 10.1 Å². The van der Waals surface area contributed by atoms with Crippen LogP contribution in [0, 0.1) is 11.3 Å². The van der Waals surface area contributed by atoms with Crippen molar-refractivity contribution in [3.8, 4) is 11.8 Å². The summed E-state index contributed by atoms with van der Waals surface area (Å²) in [5.41, 5.74) is 1.29. The molecular weight excluding hydrogens is 358 g/mol. The van der Waals surface area contributed by atoms with Gasteiger partial charge in [0.05, 0.1) is 23.8 Å². The first-order valence-electron chi connectivity index (χ1n) is 9.25. The molecular formula is C20H21N5O3. The number of ether oxygens (including phenoxy) is 1. The van der Waals surface area contributed by atoms with E-state index in [4.69, 9.17) is 9.15 Å². The lowest BCUT2D eigenvalue weighted by molar-refractivity contribution is 0.102. The Morgan fingerprint density at radius 3 is 2.89 bits per heavy atom. The lowest BCUT2D eigenvalue weighted by Crippen LogP contribution is -2.14. The summed E-state index contributed by atoms with van der Waals surface area (Å²) in [4.78, 5) is 21.4. The fraction of sp³-hybridized carbons (Fsp3) is 0.400. The van der Waals surface area contributed by atoms with Gasteiger partial charge in [0.25, 0.3) is 5.91 Å². The van der Waals surface area contributed by atoms with Crippen molar-refractivity contribution in [2.24, 2.45) is 0 Å². The van der Waals surface area contributed by atoms with E-state index in [1.54, 1.807) is 22.9 Å². The number of hydrogen-bond donors (Lipinski definition) is 1. The van der Waals surface area contributed by atoms with Crippen molar-refractivity contribution >= 4 is 17.2 Å². The van der Waals surface area contributed by atoms with E-state index in [0.29, 0.717) is 41.2 Å². The summed E-state index contributed by atoms with van der Waals surface area (Å²) < 4.78 is 12.8. The number of aromatic nitrogens is 3. The minimum absolute atomic E-state index is 0.237. The SMILES string of the molecule is CCOc1cc2nc(C(C)(C)C#N)cn2cc1NC(=O)c1coc(C2CC2)n1. The van der Waals surface area contributed by atoms with Gasteiger partial charge in [-0.3, -0.25) is 4.79 Å². The van der Waals surface area contributed by atoms with E-state index in [9.17, 15) is 10.1 Å². The van der Waals surface area contributed by atoms with Crippen LogP contribution in [0.1, 0.15) is 61.6 Å². The molecule has 1 aliphatic carbocycles. The van der Waals surface area contributed by atoms with Gasteiger partial charge in [-0.25, -0.2) is 9.97 Å². The molecule has 3 aromatic rings. The van der Waals surface area contributed by atoms with Crippen molar-refractivity contribution in [1.82, 2.24) is 14.4 Å². The first kappa shape index (κ1) is 18.0. The van der Waals surface area contributed by atoms with Crippen LogP contribution in [-0.4, -0.2) is 26.9 Å². The fourth-order valence-electron chi connectivity index (χ4n) is 2.84. The summed E-state index contributed by atoms with van der Waals surface area (Å²) >= 11 is 0. The van der Waals surface area contributed by atoms with Crippen molar-refractivity contribution < 1.29 is 13.9 Å². The third-order valence-corrected chi connectivity index (χ3v) is 4.70. The number of oxazole rings is 1. The number of pyridine rings is 1. The summed E-state index contributed by atoms with van der Waals surface area (Å²) in [5.74, 6) is 1.09. The van der Waals surface area contributed by atoms with Gasteiger partial charge in [-0.2, -0.15) is 5.26 Å². The number of anilines is 1. The Labute approximate surface area is 162 Å². The van der Waals surface area contributed by atoms with Crippen LogP contribution in [0.4, 0.5) is 5.69 Å². The first-order chi connectivity index (χ1) is 13.4. The molecule has 0 radical (unpaired) electrons. The molecule has 8 nitrogen and oxygen atoms in total. The average Bonchev–Trinajstić information content (AvgIpc) is 3.24. The molecule has 0 unspecified atom stereocenters. The second-order valence-electron chi connectivity index (χ2n) is 7.41. The van der Waals surface area contributed by atoms with E-state index >= 15 is 0 Å². The number of nitrogens with zero attached hydrogens (tertiary/aromatic N) is 4. The maximum Gasteiger partial charge on any atom is 0.277 e. The van der Waals surface area contributed by atoms with Crippen molar-refractivity contribution in [1.29, 1.82) is 5.26 Å². The van der Waals surface area contributed by atoms with E-state index in [2.05, 4.69) is 21.4 Å². The number of carbonyl (C=O) groups is 1. The number of hydrogen-bond acceptors (Lipinski definition) is 6. The number of imidazole rings is 1. The van der Waals surface area contributed by atoms with Crippen LogP contribution >= 0.6 is 0 Å². The van der Waals surface area contributed by atoms with Crippen molar-refractivity contribution in [2.75, 3.05) is 11.9 Å². The Kier molecular flexibility index (Phi) is 4.30. The van der Waals surface area contributed by atoms with E-state index in [1.807, 2.05) is 20.8 Å². The normalized spacial score (nSPS) is 14.1. The quantitative estimate of drug-likeness (QED) is 0.701. The highest BCUT2D eigenvalue weighted by Crippen LogP contribution is 2.39. The molecule has 1 N–H and O–H groups in total. The number of fused-ring (bicyclic) bond motifs is 1. The molecule has 1 fully saturated rings. The zero-order valence-electron chi connectivity index (χ0n) is 16.0. The highest BCUT2D eigenvalue weighted by Gasteiger charge is 2.29. The molecule has 0 spiro atoms. The third-order valence-electron chi connectivity index (χ3n) is 4.70. The second-order valence-corrected chi connectivity index (χ2v) is 7.41. The highest BCUT2D eigenvalue weighted by atomic mass is 16.5. The minimum Gasteiger partial charge on any atom is -0.491 e. The zero-order valence-corrected chi connectivity index (χ0v) is 16.0. The lowest BCUT2D eigenvalue weighted by Gasteiger charge is -2.11. The third kappa shape index (κ3) is 3.31. The van der Waals surface area contributed by atoms with Gasteiger partial charge in [0.1, 0.15) is 23.3 Å². The van der Waals surface area contributed by atoms with E-state index in [-0.39, 0.29) is 11.6 Å². The van der Waals surface area contributed by atoms with Crippen LogP contribution in [0.3, 0.4) is 0 Å². The predicted molar refractivity (Wildman–Crippen MR) is 101 cm³/mol. The molecule has 1 aliphatic rings. The molecule has 3 heterocycles.